The summed E-state index contributed by atoms with van der Waals surface area (Å²) in [7, 11) is 0. The first-order chi connectivity index (χ1) is 18.1. The molecule has 0 amide bonds. The maximum Gasteiger partial charge on any atom is 0.269 e. The summed E-state index contributed by atoms with van der Waals surface area (Å²) >= 11 is 0. The number of non-ortho nitro benzene ring substituents is 2. The average Bonchev–Trinajstić information content (AvgIpc) is 2.90. The molecule has 0 aromatic heterocycles. The van der Waals surface area contributed by atoms with Gasteiger partial charge in [0, 0.05) is 24.3 Å². The molecule has 0 bridgehead atoms. The van der Waals surface area contributed by atoms with Crippen LogP contribution in [-0.4, -0.2) is 89.1 Å². The van der Waals surface area contributed by atoms with Crippen LogP contribution in [0.4, 0.5) is 11.4 Å². The fourth-order valence-corrected chi connectivity index (χ4v) is 2.75. The summed E-state index contributed by atoms with van der Waals surface area (Å²) in [4.78, 5) is 20.3. The number of nitro groups is 2. The summed E-state index contributed by atoms with van der Waals surface area (Å²) in [6.07, 6.45) is 0. The van der Waals surface area contributed by atoms with E-state index in [1.807, 2.05) is 0 Å². The fraction of sp³-hybridized carbons (Fsp3) is 0.500. The van der Waals surface area contributed by atoms with Crippen molar-refractivity contribution < 1.29 is 43.0 Å². The highest BCUT2D eigenvalue weighted by Crippen LogP contribution is 2.18. The lowest BCUT2D eigenvalue weighted by Gasteiger charge is -2.09. The van der Waals surface area contributed by atoms with Crippen molar-refractivity contribution in [1.29, 1.82) is 0 Å². The molecule has 204 valence electrons. The SMILES string of the molecule is O=[N+]([O-])c1ccc(OCCOCCOCCOCCOCCOCCOc2ccc([N+](=O)[O-])cc2)cc1. The van der Waals surface area contributed by atoms with Crippen LogP contribution in [0.15, 0.2) is 48.5 Å². The van der Waals surface area contributed by atoms with Crippen molar-refractivity contribution in [3.63, 3.8) is 0 Å². The summed E-state index contributed by atoms with van der Waals surface area (Å²) in [6.45, 7) is 4.93. The molecule has 13 heteroatoms. The van der Waals surface area contributed by atoms with Gasteiger partial charge in [0.1, 0.15) is 24.7 Å². The van der Waals surface area contributed by atoms with Gasteiger partial charge in [0.15, 0.2) is 0 Å². The standard InChI is InChI=1S/C24H32N2O11/c27-25(28)21-1-5-23(6-2-21)36-19-17-34-15-13-32-11-9-31-10-12-33-14-16-35-18-20-37-24-7-3-22(4-8-24)26(29)30/h1-8H,9-20H2. The van der Waals surface area contributed by atoms with E-state index in [1.54, 1.807) is 24.3 Å². The molecule has 0 saturated heterocycles. The second kappa shape index (κ2) is 18.8. The lowest BCUT2D eigenvalue weighted by Crippen LogP contribution is -2.15. The zero-order valence-electron chi connectivity index (χ0n) is 20.5. The molecule has 0 atom stereocenters. The number of hydrogen-bond acceptors (Lipinski definition) is 11. The van der Waals surface area contributed by atoms with Gasteiger partial charge in [0.2, 0.25) is 0 Å². The predicted molar refractivity (Wildman–Crippen MR) is 131 cm³/mol. The van der Waals surface area contributed by atoms with Gasteiger partial charge >= 0.3 is 0 Å². The Labute approximate surface area is 214 Å². The second-order valence-corrected chi connectivity index (χ2v) is 7.26. The lowest BCUT2D eigenvalue weighted by atomic mass is 10.3. The molecule has 2 aromatic carbocycles. The molecule has 13 nitrogen and oxygen atoms in total. The van der Waals surface area contributed by atoms with Crippen molar-refractivity contribution in [2.75, 3.05) is 79.3 Å². The molecular weight excluding hydrogens is 492 g/mol. The molecule has 2 rings (SSSR count). The molecule has 0 aliphatic carbocycles. The van der Waals surface area contributed by atoms with Gasteiger partial charge in [-0.2, -0.15) is 0 Å². The molecular formula is C24H32N2O11. The molecule has 0 aliphatic rings. The van der Waals surface area contributed by atoms with Gasteiger partial charge in [-0.3, -0.25) is 20.2 Å². The third kappa shape index (κ3) is 14.1. The summed E-state index contributed by atoms with van der Waals surface area (Å²) < 4.78 is 37.9. The maximum atomic E-state index is 10.6. The molecule has 0 N–H and O–H groups in total. The fourth-order valence-electron chi connectivity index (χ4n) is 2.75. The van der Waals surface area contributed by atoms with Gasteiger partial charge in [-0.05, 0) is 24.3 Å². The van der Waals surface area contributed by atoms with Crippen LogP contribution in [0.5, 0.6) is 11.5 Å². The monoisotopic (exact) mass is 524 g/mol. The topological polar surface area (TPSA) is 151 Å². The Hall–Kier alpha value is -3.36. The van der Waals surface area contributed by atoms with E-state index in [4.69, 9.17) is 33.2 Å². The van der Waals surface area contributed by atoms with E-state index in [0.717, 1.165) is 0 Å². The van der Waals surface area contributed by atoms with Crippen molar-refractivity contribution in [2.45, 2.75) is 0 Å². The van der Waals surface area contributed by atoms with Gasteiger partial charge in [0.05, 0.1) is 75.9 Å². The molecule has 0 unspecified atom stereocenters. The molecule has 0 heterocycles. The third-order valence-electron chi connectivity index (χ3n) is 4.58. The number of hydrogen-bond donors (Lipinski definition) is 0. The smallest absolute Gasteiger partial charge is 0.269 e. The first kappa shape index (κ1) is 29.9. The van der Waals surface area contributed by atoms with Crippen LogP contribution in [0, 0.1) is 20.2 Å². The number of rotatable bonds is 22. The number of benzene rings is 2. The molecule has 37 heavy (non-hydrogen) atoms. The Balaban J connectivity index is 1.27. The van der Waals surface area contributed by atoms with Crippen LogP contribution in [0.1, 0.15) is 0 Å². The van der Waals surface area contributed by atoms with Gasteiger partial charge in [0.25, 0.3) is 11.4 Å². The molecule has 0 aliphatic heterocycles. The minimum absolute atomic E-state index is 0.0184. The Morgan fingerprint density at radius 1 is 0.432 bits per heavy atom. The maximum absolute atomic E-state index is 10.6. The van der Waals surface area contributed by atoms with Crippen molar-refractivity contribution in [3.8, 4) is 11.5 Å². The normalized spacial score (nSPS) is 10.8. The van der Waals surface area contributed by atoms with Crippen molar-refractivity contribution in [1.82, 2.24) is 0 Å². The highest BCUT2D eigenvalue weighted by atomic mass is 16.6. The Morgan fingerprint density at radius 3 is 0.919 bits per heavy atom. The van der Waals surface area contributed by atoms with E-state index in [0.29, 0.717) is 90.8 Å². The first-order valence-electron chi connectivity index (χ1n) is 11.7. The van der Waals surface area contributed by atoms with Crippen LogP contribution in [0.3, 0.4) is 0 Å². The number of nitro benzene ring substituents is 2. The summed E-state index contributed by atoms with van der Waals surface area (Å²) in [6, 6.07) is 11.7. The van der Waals surface area contributed by atoms with E-state index in [2.05, 4.69) is 0 Å². The molecule has 0 saturated carbocycles. The van der Waals surface area contributed by atoms with E-state index in [-0.39, 0.29) is 11.4 Å². The Kier molecular flexibility index (Phi) is 15.2. The summed E-state index contributed by atoms with van der Waals surface area (Å²) in [5, 5.41) is 21.2. The Bertz CT molecular complexity index is 821. The van der Waals surface area contributed by atoms with E-state index in [1.165, 1.54) is 24.3 Å². The van der Waals surface area contributed by atoms with Crippen molar-refractivity contribution in [3.05, 3.63) is 68.8 Å². The quantitative estimate of drug-likeness (QED) is 0.127. The zero-order valence-corrected chi connectivity index (χ0v) is 20.5. The van der Waals surface area contributed by atoms with Gasteiger partial charge < -0.3 is 33.2 Å². The van der Waals surface area contributed by atoms with Gasteiger partial charge in [-0.25, -0.2) is 0 Å². The minimum atomic E-state index is -0.460. The molecule has 0 fully saturated rings. The lowest BCUT2D eigenvalue weighted by molar-refractivity contribution is -0.385. The first-order valence-corrected chi connectivity index (χ1v) is 11.7. The highest BCUT2D eigenvalue weighted by molar-refractivity contribution is 5.36. The zero-order chi connectivity index (χ0) is 26.6. The van der Waals surface area contributed by atoms with E-state index in [9.17, 15) is 20.2 Å². The molecule has 0 radical (unpaired) electrons. The van der Waals surface area contributed by atoms with Crippen LogP contribution in [0.2, 0.25) is 0 Å². The average molecular weight is 525 g/mol. The van der Waals surface area contributed by atoms with Crippen LogP contribution < -0.4 is 9.47 Å². The number of nitrogens with zero attached hydrogens (tertiary/aromatic N) is 2. The van der Waals surface area contributed by atoms with Gasteiger partial charge in [-0.1, -0.05) is 0 Å². The second-order valence-electron chi connectivity index (χ2n) is 7.26. The highest BCUT2D eigenvalue weighted by Gasteiger charge is 2.05. The van der Waals surface area contributed by atoms with E-state index < -0.39 is 9.85 Å². The van der Waals surface area contributed by atoms with Crippen LogP contribution in [-0.2, 0) is 23.7 Å². The molecule has 0 spiro atoms. The Morgan fingerprint density at radius 2 is 0.676 bits per heavy atom. The predicted octanol–water partition coefficient (Wildman–Crippen LogP) is 3.04. The summed E-state index contributed by atoms with van der Waals surface area (Å²) in [5.41, 5.74) is 0.0367. The van der Waals surface area contributed by atoms with E-state index >= 15 is 0 Å². The van der Waals surface area contributed by atoms with Crippen LogP contribution in [0.25, 0.3) is 0 Å². The van der Waals surface area contributed by atoms with Crippen LogP contribution >= 0.6 is 0 Å². The third-order valence-corrected chi connectivity index (χ3v) is 4.58. The largest absolute Gasteiger partial charge is 0.491 e. The van der Waals surface area contributed by atoms with Crippen molar-refractivity contribution >= 4 is 11.4 Å². The summed E-state index contributed by atoms with van der Waals surface area (Å²) in [5.74, 6) is 1.09. The van der Waals surface area contributed by atoms with Crippen molar-refractivity contribution in [2.24, 2.45) is 0 Å². The molecule has 2 aromatic rings. The van der Waals surface area contributed by atoms with Gasteiger partial charge in [-0.15, -0.1) is 0 Å². The minimum Gasteiger partial charge on any atom is -0.491 e. The number of ether oxygens (including phenoxy) is 7.